The number of benzene rings is 2. The van der Waals surface area contributed by atoms with Gasteiger partial charge in [-0.25, -0.2) is 0 Å². The monoisotopic (exact) mass is 399 g/mol. The molecule has 6 nitrogen and oxygen atoms in total. The topological polar surface area (TPSA) is 82.4 Å². The Morgan fingerprint density at radius 2 is 1.76 bits per heavy atom. The van der Waals surface area contributed by atoms with Crippen LogP contribution in [0.1, 0.15) is 28.8 Å². The molecule has 0 aliphatic carbocycles. The summed E-state index contributed by atoms with van der Waals surface area (Å²) in [7, 11) is 0. The highest BCUT2D eigenvalue weighted by Crippen LogP contribution is 2.23. The number of halogens is 2. The van der Waals surface area contributed by atoms with Crippen LogP contribution in [0.15, 0.2) is 48.5 Å². The second-order valence-electron chi connectivity index (χ2n) is 6.62. The van der Waals surface area contributed by atoms with Gasteiger partial charge in [0, 0.05) is 24.7 Å². The molecule has 2 aromatic carbocycles. The second-order valence-corrected chi connectivity index (χ2v) is 6.62. The minimum atomic E-state index is -2.90. The summed E-state index contributed by atoms with van der Waals surface area (Å²) in [4.78, 5) is 26.8. The van der Waals surface area contributed by atoms with Crippen molar-refractivity contribution >= 4 is 17.5 Å². The number of piperidine rings is 1. The third-order valence-electron chi connectivity index (χ3n) is 4.78. The zero-order valence-corrected chi connectivity index (χ0v) is 15.5. The first kappa shape index (κ1) is 20.3. The van der Waals surface area contributed by atoms with Gasteiger partial charge in [0.05, 0.1) is 17.2 Å². The summed E-state index contributed by atoms with van der Waals surface area (Å²) in [5.74, 6) is -0.641. The highest BCUT2D eigenvalue weighted by atomic mass is 19.3. The molecule has 3 rings (SSSR count). The van der Waals surface area contributed by atoms with Crippen molar-refractivity contribution in [1.82, 2.24) is 4.90 Å². The molecule has 1 N–H and O–H groups in total. The van der Waals surface area contributed by atoms with Crippen LogP contribution in [0.3, 0.4) is 0 Å². The van der Waals surface area contributed by atoms with Gasteiger partial charge in [0.15, 0.2) is 0 Å². The number of hydrogen-bond donors (Lipinski definition) is 1. The number of alkyl halides is 2. The van der Waals surface area contributed by atoms with Gasteiger partial charge in [-0.2, -0.15) is 14.0 Å². The summed E-state index contributed by atoms with van der Waals surface area (Å²) >= 11 is 0. The van der Waals surface area contributed by atoms with Gasteiger partial charge >= 0.3 is 6.61 Å². The maximum Gasteiger partial charge on any atom is 0.387 e. The Bertz CT molecular complexity index is 918. The van der Waals surface area contributed by atoms with Gasteiger partial charge in [-0.05, 0) is 49.2 Å². The quantitative estimate of drug-likeness (QED) is 0.832. The van der Waals surface area contributed by atoms with Crippen LogP contribution in [0.5, 0.6) is 5.75 Å². The molecule has 0 spiro atoms. The Morgan fingerprint density at radius 3 is 2.38 bits per heavy atom. The summed E-state index contributed by atoms with van der Waals surface area (Å²) in [5.41, 5.74) is 1.18. The Balaban J connectivity index is 1.54. The second kappa shape index (κ2) is 9.15. The van der Waals surface area contributed by atoms with Crippen molar-refractivity contribution in [2.45, 2.75) is 19.5 Å². The molecular formula is C21H19F2N3O3. The Labute approximate surface area is 166 Å². The number of anilines is 1. The smallest absolute Gasteiger partial charge is 0.387 e. The molecule has 0 aromatic heterocycles. The van der Waals surface area contributed by atoms with Gasteiger partial charge in [0.1, 0.15) is 5.75 Å². The molecule has 150 valence electrons. The van der Waals surface area contributed by atoms with E-state index in [4.69, 9.17) is 5.26 Å². The minimum absolute atomic E-state index is 0.0162. The first-order valence-electron chi connectivity index (χ1n) is 9.12. The van der Waals surface area contributed by atoms with Crippen molar-refractivity contribution in [2.24, 2.45) is 5.92 Å². The fraction of sp³-hybridized carbons (Fsp3) is 0.286. The third kappa shape index (κ3) is 5.08. The van der Waals surface area contributed by atoms with Gasteiger partial charge in [-0.3, -0.25) is 9.59 Å². The Morgan fingerprint density at radius 1 is 1.10 bits per heavy atom. The average Bonchev–Trinajstić information content (AvgIpc) is 2.74. The Hall–Kier alpha value is -3.47. The molecule has 1 saturated heterocycles. The predicted molar refractivity (Wildman–Crippen MR) is 101 cm³/mol. The molecule has 29 heavy (non-hydrogen) atoms. The first-order valence-corrected chi connectivity index (χ1v) is 9.12. The molecule has 2 aromatic rings. The Kier molecular flexibility index (Phi) is 6.39. The van der Waals surface area contributed by atoms with Crippen molar-refractivity contribution in [3.05, 3.63) is 59.7 Å². The number of carbonyl (C=O) groups is 2. The van der Waals surface area contributed by atoms with E-state index in [9.17, 15) is 18.4 Å². The lowest BCUT2D eigenvalue weighted by molar-refractivity contribution is -0.121. The van der Waals surface area contributed by atoms with Gasteiger partial charge < -0.3 is 15.0 Å². The molecule has 0 saturated carbocycles. The van der Waals surface area contributed by atoms with Crippen LogP contribution in [-0.2, 0) is 4.79 Å². The zero-order chi connectivity index (χ0) is 20.8. The van der Waals surface area contributed by atoms with E-state index in [1.165, 1.54) is 24.3 Å². The maximum absolute atomic E-state index is 12.7. The fourth-order valence-electron chi connectivity index (χ4n) is 3.25. The van der Waals surface area contributed by atoms with Crippen LogP contribution in [0.25, 0.3) is 0 Å². The van der Waals surface area contributed by atoms with Crippen LogP contribution in [0, 0.1) is 17.2 Å². The molecule has 1 fully saturated rings. The predicted octanol–water partition coefficient (Wildman–Crippen LogP) is 3.65. The summed E-state index contributed by atoms with van der Waals surface area (Å²) in [6.45, 7) is -2.07. The number of nitrogens with zero attached hydrogens (tertiary/aromatic N) is 2. The molecule has 0 unspecified atom stereocenters. The molecule has 0 radical (unpaired) electrons. The number of ether oxygens (including phenoxy) is 1. The van der Waals surface area contributed by atoms with Crippen LogP contribution in [0.4, 0.5) is 14.5 Å². The van der Waals surface area contributed by atoms with Gasteiger partial charge in [0.25, 0.3) is 5.91 Å². The van der Waals surface area contributed by atoms with E-state index >= 15 is 0 Å². The number of hydrogen-bond acceptors (Lipinski definition) is 4. The number of nitrogens with one attached hydrogen (secondary N) is 1. The van der Waals surface area contributed by atoms with Gasteiger partial charge in [-0.1, -0.05) is 12.1 Å². The summed E-state index contributed by atoms with van der Waals surface area (Å²) in [6, 6.07) is 14.4. The van der Waals surface area contributed by atoms with E-state index in [0.717, 1.165) is 0 Å². The lowest BCUT2D eigenvalue weighted by atomic mass is 9.95. The van der Waals surface area contributed by atoms with Crippen LogP contribution in [0.2, 0.25) is 0 Å². The van der Waals surface area contributed by atoms with E-state index < -0.39 is 6.61 Å². The summed E-state index contributed by atoms with van der Waals surface area (Å²) < 4.78 is 28.6. The summed E-state index contributed by atoms with van der Waals surface area (Å²) in [5, 5.41) is 11.9. The molecule has 1 aliphatic heterocycles. The van der Waals surface area contributed by atoms with Gasteiger partial charge in [-0.15, -0.1) is 0 Å². The van der Waals surface area contributed by atoms with E-state index in [1.54, 1.807) is 29.2 Å². The van der Waals surface area contributed by atoms with Crippen molar-refractivity contribution in [3.8, 4) is 11.8 Å². The van der Waals surface area contributed by atoms with E-state index in [0.29, 0.717) is 42.7 Å². The van der Waals surface area contributed by atoms with E-state index in [2.05, 4.69) is 10.1 Å². The van der Waals surface area contributed by atoms with Crippen LogP contribution >= 0.6 is 0 Å². The molecule has 2 amide bonds. The average molecular weight is 399 g/mol. The molecule has 8 heteroatoms. The van der Waals surface area contributed by atoms with Crippen molar-refractivity contribution in [1.29, 1.82) is 5.26 Å². The largest absolute Gasteiger partial charge is 0.435 e. The SMILES string of the molecule is N#Cc1ccccc1C(=O)N1CCC(C(=O)Nc2ccc(OC(F)F)cc2)CC1. The number of nitriles is 1. The minimum Gasteiger partial charge on any atom is -0.435 e. The fourth-order valence-corrected chi connectivity index (χ4v) is 3.25. The molecule has 0 atom stereocenters. The highest BCUT2D eigenvalue weighted by Gasteiger charge is 2.28. The number of carbonyl (C=O) groups excluding carboxylic acids is 2. The van der Waals surface area contributed by atoms with Crippen LogP contribution < -0.4 is 10.1 Å². The van der Waals surface area contributed by atoms with Gasteiger partial charge in [0.2, 0.25) is 5.91 Å². The zero-order valence-electron chi connectivity index (χ0n) is 15.5. The molecule has 1 aliphatic rings. The molecule has 1 heterocycles. The lowest BCUT2D eigenvalue weighted by Gasteiger charge is -2.31. The van der Waals surface area contributed by atoms with E-state index in [1.807, 2.05) is 6.07 Å². The first-order chi connectivity index (χ1) is 14.0. The standard InChI is InChI=1S/C21H19F2N3O3/c22-21(23)29-17-7-5-16(6-8-17)25-19(27)14-9-11-26(12-10-14)20(28)18-4-2-1-3-15(18)13-24/h1-8,14,21H,9-12H2,(H,25,27). The lowest BCUT2D eigenvalue weighted by Crippen LogP contribution is -2.41. The maximum atomic E-state index is 12.7. The number of likely N-dealkylation sites (tertiary alicyclic amines) is 1. The molecule has 0 bridgehead atoms. The third-order valence-corrected chi connectivity index (χ3v) is 4.78. The number of rotatable bonds is 5. The van der Waals surface area contributed by atoms with Crippen molar-refractivity contribution in [2.75, 3.05) is 18.4 Å². The van der Waals surface area contributed by atoms with Crippen molar-refractivity contribution < 1.29 is 23.1 Å². The van der Waals surface area contributed by atoms with E-state index in [-0.39, 0.29) is 23.5 Å². The number of amides is 2. The highest BCUT2D eigenvalue weighted by molar-refractivity contribution is 5.97. The van der Waals surface area contributed by atoms with Crippen LogP contribution in [-0.4, -0.2) is 36.4 Å². The normalized spacial score (nSPS) is 14.3. The summed E-state index contributed by atoms with van der Waals surface area (Å²) in [6.07, 6.45) is 0.998. The van der Waals surface area contributed by atoms with Crippen molar-refractivity contribution in [3.63, 3.8) is 0 Å². The molecular weight excluding hydrogens is 380 g/mol.